The second-order valence-corrected chi connectivity index (χ2v) is 6.17. The summed E-state index contributed by atoms with van der Waals surface area (Å²) in [6.45, 7) is 7.04. The van der Waals surface area contributed by atoms with Gasteiger partial charge < -0.3 is 15.4 Å². The maximum Gasteiger partial charge on any atom is 0.219 e. The average molecular weight is 344 g/mol. The number of guanidine groups is 1. The minimum absolute atomic E-state index is 0.325. The molecule has 0 aliphatic heterocycles. The SMILES string of the molecule is CN=C(NCc1ccc(Oc2cccc(F)c2)nc1)NC(C)C(C)C. The van der Waals surface area contributed by atoms with Crippen LogP contribution in [0.25, 0.3) is 0 Å². The van der Waals surface area contributed by atoms with Gasteiger partial charge in [0.15, 0.2) is 5.96 Å². The van der Waals surface area contributed by atoms with Gasteiger partial charge in [-0.1, -0.05) is 26.0 Å². The van der Waals surface area contributed by atoms with Gasteiger partial charge in [-0.25, -0.2) is 9.37 Å². The van der Waals surface area contributed by atoms with Crippen LogP contribution in [0, 0.1) is 11.7 Å². The van der Waals surface area contributed by atoms with E-state index in [-0.39, 0.29) is 5.82 Å². The molecule has 0 aliphatic rings. The number of rotatable bonds is 6. The number of pyridine rings is 1. The lowest BCUT2D eigenvalue weighted by atomic mass is 10.1. The first kappa shape index (κ1) is 18.7. The molecule has 0 radical (unpaired) electrons. The van der Waals surface area contributed by atoms with Gasteiger partial charge in [0, 0.05) is 38.0 Å². The molecule has 6 heteroatoms. The molecule has 1 heterocycles. The summed E-state index contributed by atoms with van der Waals surface area (Å²) in [4.78, 5) is 8.47. The quantitative estimate of drug-likeness (QED) is 0.619. The van der Waals surface area contributed by atoms with Crippen LogP contribution in [0.1, 0.15) is 26.3 Å². The topological polar surface area (TPSA) is 58.5 Å². The van der Waals surface area contributed by atoms with Crippen molar-refractivity contribution in [2.45, 2.75) is 33.4 Å². The molecule has 1 aromatic heterocycles. The Morgan fingerprint density at radius 3 is 2.64 bits per heavy atom. The Bertz CT molecular complexity index is 701. The van der Waals surface area contributed by atoms with Crippen molar-refractivity contribution in [3.63, 3.8) is 0 Å². The summed E-state index contributed by atoms with van der Waals surface area (Å²) in [7, 11) is 1.75. The van der Waals surface area contributed by atoms with Gasteiger partial charge in [-0.3, -0.25) is 4.99 Å². The highest BCUT2D eigenvalue weighted by atomic mass is 19.1. The molecule has 0 spiro atoms. The van der Waals surface area contributed by atoms with Crippen molar-refractivity contribution in [2.75, 3.05) is 7.05 Å². The van der Waals surface area contributed by atoms with Crippen molar-refractivity contribution in [3.8, 4) is 11.6 Å². The molecule has 5 nitrogen and oxygen atoms in total. The van der Waals surface area contributed by atoms with E-state index in [1.807, 2.05) is 6.07 Å². The molecule has 2 aromatic rings. The zero-order valence-electron chi connectivity index (χ0n) is 15.1. The fourth-order valence-electron chi connectivity index (χ4n) is 1.99. The molecule has 0 aliphatic carbocycles. The van der Waals surface area contributed by atoms with E-state index < -0.39 is 0 Å². The third kappa shape index (κ3) is 6.06. The van der Waals surface area contributed by atoms with Gasteiger partial charge in [0.1, 0.15) is 11.6 Å². The Morgan fingerprint density at radius 2 is 2.04 bits per heavy atom. The predicted molar refractivity (Wildman–Crippen MR) is 98.3 cm³/mol. The van der Waals surface area contributed by atoms with Crippen molar-refractivity contribution < 1.29 is 9.13 Å². The predicted octanol–water partition coefficient (Wildman–Crippen LogP) is 3.72. The standard InChI is InChI=1S/C19H25FN4O/c1-13(2)14(3)24-19(21-4)23-12-15-8-9-18(22-11-15)25-17-7-5-6-16(20)10-17/h5-11,13-14H,12H2,1-4H3,(H2,21,23,24). The number of ether oxygens (including phenoxy) is 1. The molecule has 1 unspecified atom stereocenters. The summed E-state index contributed by atoms with van der Waals surface area (Å²) in [6, 6.07) is 9.97. The molecule has 0 bridgehead atoms. The van der Waals surface area contributed by atoms with Gasteiger partial charge in [-0.15, -0.1) is 0 Å². The van der Waals surface area contributed by atoms with Gasteiger partial charge in [-0.05, 0) is 30.5 Å². The first-order chi connectivity index (χ1) is 12.0. The molecule has 0 amide bonds. The van der Waals surface area contributed by atoms with E-state index in [1.54, 1.807) is 31.4 Å². The van der Waals surface area contributed by atoms with Crippen LogP contribution in [0.15, 0.2) is 47.6 Å². The van der Waals surface area contributed by atoms with Gasteiger partial charge in [0.05, 0.1) is 0 Å². The smallest absolute Gasteiger partial charge is 0.219 e. The number of nitrogens with one attached hydrogen (secondary N) is 2. The average Bonchev–Trinajstić information content (AvgIpc) is 2.59. The molecule has 0 saturated carbocycles. The largest absolute Gasteiger partial charge is 0.439 e. The number of benzene rings is 1. The van der Waals surface area contributed by atoms with Crippen molar-refractivity contribution >= 4 is 5.96 Å². The van der Waals surface area contributed by atoms with Crippen LogP contribution in [-0.2, 0) is 6.54 Å². The van der Waals surface area contributed by atoms with Crippen LogP contribution in [0.3, 0.4) is 0 Å². The summed E-state index contributed by atoms with van der Waals surface area (Å²) < 4.78 is 18.7. The molecule has 2 N–H and O–H groups in total. The number of halogens is 1. The highest BCUT2D eigenvalue weighted by Crippen LogP contribution is 2.19. The molecule has 25 heavy (non-hydrogen) atoms. The summed E-state index contributed by atoms with van der Waals surface area (Å²) in [6.07, 6.45) is 1.72. The van der Waals surface area contributed by atoms with Crippen molar-refractivity contribution in [1.82, 2.24) is 15.6 Å². The van der Waals surface area contributed by atoms with Gasteiger partial charge in [-0.2, -0.15) is 0 Å². The minimum Gasteiger partial charge on any atom is -0.439 e. The number of aliphatic imine (C=N–C) groups is 1. The number of aromatic nitrogens is 1. The normalized spacial score (nSPS) is 12.8. The van der Waals surface area contributed by atoms with Gasteiger partial charge in [0.25, 0.3) is 0 Å². The van der Waals surface area contributed by atoms with Crippen molar-refractivity contribution in [1.29, 1.82) is 0 Å². The Morgan fingerprint density at radius 1 is 1.24 bits per heavy atom. The van der Waals surface area contributed by atoms with E-state index in [2.05, 4.69) is 41.4 Å². The monoisotopic (exact) mass is 344 g/mol. The third-order valence-electron chi connectivity index (χ3n) is 3.86. The molecular weight excluding hydrogens is 319 g/mol. The van der Waals surface area contributed by atoms with Crippen LogP contribution in [-0.4, -0.2) is 24.0 Å². The van der Waals surface area contributed by atoms with Crippen LogP contribution in [0.2, 0.25) is 0 Å². The fraction of sp³-hybridized carbons (Fsp3) is 0.368. The van der Waals surface area contributed by atoms with Gasteiger partial charge in [0.2, 0.25) is 5.88 Å². The van der Waals surface area contributed by atoms with Crippen LogP contribution < -0.4 is 15.4 Å². The lowest BCUT2D eigenvalue weighted by Crippen LogP contribution is -2.43. The molecule has 1 atom stereocenters. The van der Waals surface area contributed by atoms with E-state index in [1.165, 1.54) is 12.1 Å². The van der Waals surface area contributed by atoms with Crippen LogP contribution in [0.4, 0.5) is 4.39 Å². The van der Waals surface area contributed by atoms with E-state index >= 15 is 0 Å². The molecule has 1 aromatic carbocycles. The molecule has 2 rings (SSSR count). The Hall–Kier alpha value is -2.63. The fourth-order valence-corrected chi connectivity index (χ4v) is 1.99. The Labute approximate surface area is 148 Å². The van der Waals surface area contributed by atoms with Crippen molar-refractivity contribution in [3.05, 3.63) is 54.0 Å². The number of hydrogen-bond acceptors (Lipinski definition) is 3. The second kappa shape index (κ2) is 9.01. The van der Waals surface area contributed by atoms with E-state index in [9.17, 15) is 4.39 Å². The molecular formula is C19H25FN4O. The van der Waals surface area contributed by atoms with Crippen LogP contribution >= 0.6 is 0 Å². The summed E-state index contributed by atoms with van der Waals surface area (Å²) in [5.41, 5.74) is 0.992. The molecule has 134 valence electrons. The minimum atomic E-state index is -0.340. The highest BCUT2D eigenvalue weighted by molar-refractivity contribution is 5.79. The van der Waals surface area contributed by atoms with E-state index in [0.717, 1.165) is 11.5 Å². The number of hydrogen-bond donors (Lipinski definition) is 2. The molecule has 0 saturated heterocycles. The van der Waals surface area contributed by atoms with Gasteiger partial charge >= 0.3 is 0 Å². The Kier molecular flexibility index (Phi) is 6.74. The van der Waals surface area contributed by atoms with Crippen LogP contribution in [0.5, 0.6) is 11.6 Å². The lowest BCUT2D eigenvalue weighted by Gasteiger charge is -2.20. The maximum atomic E-state index is 13.2. The Balaban J connectivity index is 1.89. The third-order valence-corrected chi connectivity index (χ3v) is 3.86. The lowest BCUT2D eigenvalue weighted by molar-refractivity contribution is 0.457. The summed E-state index contributed by atoms with van der Waals surface area (Å²) in [5.74, 6) is 1.77. The van der Waals surface area contributed by atoms with E-state index in [4.69, 9.17) is 4.74 Å². The van der Waals surface area contributed by atoms with E-state index in [0.29, 0.717) is 30.1 Å². The number of nitrogens with zero attached hydrogens (tertiary/aromatic N) is 2. The highest BCUT2D eigenvalue weighted by Gasteiger charge is 2.09. The summed E-state index contributed by atoms with van der Waals surface area (Å²) in [5, 5.41) is 6.60. The first-order valence-electron chi connectivity index (χ1n) is 8.33. The van der Waals surface area contributed by atoms with Crippen molar-refractivity contribution in [2.24, 2.45) is 10.9 Å². The first-order valence-corrected chi connectivity index (χ1v) is 8.33. The summed E-state index contributed by atoms with van der Waals surface area (Å²) >= 11 is 0. The maximum absolute atomic E-state index is 13.2. The second-order valence-electron chi connectivity index (χ2n) is 6.17. The molecule has 0 fully saturated rings. The zero-order chi connectivity index (χ0) is 18.2. The zero-order valence-corrected chi connectivity index (χ0v) is 15.1.